The van der Waals surface area contributed by atoms with Crippen LogP contribution in [0.4, 0.5) is 17.1 Å². The lowest BCUT2D eigenvalue weighted by Gasteiger charge is -2.18. The second-order valence-electron chi connectivity index (χ2n) is 7.82. The zero-order valence-corrected chi connectivity index (χ0v) is 19.7. The Kier molecular flexibility index (Phi) is 6.56. The van der Waals surface area contributed by atoms with E-state index in [1.807, 2.05) is 6.07 Å². The lowest BCUT2D eigenvalue weighted by Crippen LogP contribution is -2.28. The molecule has 9 heteroatoms. The lowest BCUT2D eigenvalue weighted by molar-refractivity contribution is 0.0988. The van der Waals surface area contributed by atoms with E-state index in [-0.39, 0.29) is 17.6 Å². The van der Waals surface area contributed by atoms with Crippen molar-refractivity contribution in [1.29, 1.82) is 0 Å². The van der Waals surface area contributed by atoms with Gasteiger partial charge in [0.1, 0.15) is 5.75 Å². The number of carbonyl (C=O) groups excluding carboxylic acids is 2. The maximum atomic E-state index is 13.1. The maximum Gasteiger partial charge on any atom is 0.258 e. The molecule has 3 aromatic rings. The number of rotatable bonds is 7. The minimum atomic E-state index is -3.45. The normalized spacial score (nSPS) is 12.7. The highest BCUT2D eigenvalue weighted by atomic mass is 32.2. The monoisotopic (exact) mass is 479 g/mol. The van der Waals surface area contributed by atoms with Crippen molar-refractivity contribution in [2.75, 3.05) is 34.3 Å². The van der Waals surface area contributed by atoms with Crippen molar-refractivity contribution in [3.63, 3.8) is 0 Å². The molecule has 176 valence electrons. The summed E-state index contributed by atoms with van der Waals surface area (Å²) in [6, 6.07) is 18.7. The zero-order valence-electron chi connectivity index (χ0n) is 18.9. The number of carbonyl (C=O) groups is 2. The van der Waals surface area contributed by atoms with Gasteiger partial charge in [-0.15, -0.1) is 0 Å². The van der Waals surface area contributed by atoms with Gasteiger partial charge in [0.2, 0.25) is 10.0 Å². The molecule has 2 amide bonds. The summed E-state index contributed by atoms with van der Waals surface area (Å²) in [4.78, 5) is 27.6. The number of methoxy groups -OCH3 is 1. The predicted molar refractivity (Wildman–Crippen MR) is 132 cm³/mol. The van der Waals surface area contributed by atoms with Gasteiger partial charge < -0.3 is 15.0 Å². The number of fused-ring (bicyclic) bond motifs is 1. The Hall–Kier alpha value is -3.85. The van der Waals surface area contributed by atoms with Gasteiger partial charge in [-0.25, -0.2) is 8.42 Å². The Labute approximate surface area is 198 Å². The van der Waals surface area contributed by atoms with E-state index in [0.717, 1.165) is 17.7 Å². The smallest absolute Gasteiger partial charge is 0.258 e. The number of sulfonamides is 1. The molecule has 1 aliphatic rings. The van der Waals surface area contributed by atoms with Gasteiger partial charge in [-0.3, -0.25) is 14.3 Å². The fourth-order valence-corrected chi connectivity index (χ4v) is 4.37. The van der Waals surface area contributed by atoms with Crippen LogP contribution in [-0.4, -0.2) is 39.6 Å². The van der Waals surface area contributed by atoms with Gasteiger partial charge in [0.15, 0.2) is 0 Å². The van der Waals surface area contributed by atoms with Crippen molar-refractivity contribution in [2.45, 2.75) is 13.3 Å². The third kappa shape index (κ3) is 5.04. The third-order valence-electron chi connectivity index (χ3n) is 5.60. The third-order valence-corrected chi connectivity index (χ3v) is 6.91. The summed E-state index contributed by atoms with van der Waals surface area (Å²) in [5, 5.41) is 2.84. The first kappa shape index (κ1) is 23.3. The molecule has 4 rings (SSSR count). The highest BCUT2D eigenvalue weighted by molar-refractivity contribution is 7.92. The number of hydrogen-bond acceptors (Lipinski definition) is 5. The SMILES string of the molecule is CCS(=O)(=O)Nc1cccc(C(=O)Nc2ccc3c(c2)N(C(=O)c2ccc(OC)cc2)CC3)c1. The largest absolute Gasteiger partial charge is 0.497 e. The molecule has 0 aromatic heterocycles. The van der Waals surface area contributed by atoms with E-state index in [9.17, 15) is 18.0 Å². The van der Waals surface area contributed by atoms with Crippen molar-refractivity contribution >= 4 is 38.9 Å². The molecule has 0 fully saturated rings. The molecule has 0 bridgehead atoms. The second-order valence-corrected chi connectivity index (χ2v) is 9.83. The number of nitrogens with one attached hydrogen (secondary N) is 2. The Morgan fingerprint density at radius 3 is 2.44 bits per heavy atom. The molecule has 1 heterocycles. The summed E-state index contributed by atoms with van der Waals surface area (Å²) in [6.45, 7) is 2.09. The van der Waals surface area contributed by atoms with Gasteiger partial charge in [0, 0.05) is 34.7 Å². The summed E-state index contributed by atoms with van der Waals surface area (Å²) in [6.07, 6.45) is 0.727. The van der Waals surface area contributed by atoms with E-state index >= 15 is 0 Å². The predicted octanol–water partition coefficient (Wildman–Crippen LogP) is 3.91. The minimum Gasteiger partial charge on any atom is -0.497 e. The molecule has 0 saturated carbocycles. The highest BCUT2D eigenvalue weighted by Gasteiger charge is 2.26. The van der Waals surface area contributed by atoms with Crippen LogP contribution >= 0.6 is 0 Å². The fourth-order valence-electron chi connectivity index (χ4n) is 3.74. The van der Waals surface area contributed by atoms with Crippen LogP contribution in [0.3, 0.4) is 0 Å². The van der Waals surface area contributed by atoms with Crippen molar-refractivity contribution in [3.8, 4) is 5.75 Å². The second kappa shape index (κ2) is 9.56. The summed E-state index contributed by atoms with van der Waals surface area (Å²) >= 11 is 0. The van der Waals surface area contributed by atoms with Gasteiger partial charge in [0.25, 0.3) is 11.8 Å². The fraction of sp³-hybridized carbons (Fsp3) is 0.200. The number of nitrogens with zero attached hydrogens (tertiary/aromatic N) is 1. The van der Waals surface area contributed by atoms with Crippen LogP contribution in [0.15, 0.2) is 66.7 Å². The molecule has 1 aliphatic heterocycles. The highest BCUT2D eigenvalue weighted by Crippen LogP contribution is 2.32. The molecule has 0 spiro atoms. The molecule has 0 unspecified atom stereocenters. The molecule has 0 radical (unpaired) electrons. The first-order valence-corrected chi connectivity index (χ1v) is 12.5. The quantitative estimate of drug-likeness (QED) is 0.535. The van der Waals surface area contributed by atoms with Crippen LogP contribution in [0.2, 0.25) is 0 Å². The van der Waals surface area contributed by atoms with E-state index in [1.54, 1.807) is 66.6 Å². The van der Waals surface area contributed by atoms with E-state index in [1.165, 1.54) is 13.0 Å². The van der Waals surface area contributed by atoms with Gasteiger partial charge in [-0.2, -0.15) is 0 Å². The molecule has 0 aliphatic carbocycles. The number of benzene rings is 3. The van der Waals surface area contributed by atoms with Crippen molar-refractivity contribution in [2.24, 2.45) is 0 Å². The summed E-state index contributed by atoms with van der Waals surface area (Å²) < 4.78 is 31.2. The number of amides is 2. The first-order valence-electron chi connectivity index (χ1n) is 10.8. The maximum absolute atomic E-state index is 13.1. The van der Waals surface area contributed by atoms with E-state index in [0.29, 0.717) is 34.8 Å². The van der Waals surface area contributed by atoms with Gasteiger partial charge >= 0.3 is 0 Å². The molecule has 34 heavy (non-hydrogen) atoms. The molecule has 0 saturated heterocycles. The van der Waals surface area contributed by atoms with Crippen molar-refractivity contribution < 1.29 is 22.7 Å². The van der Waals surface area contributed by atoms with Crippen LogP contribution in [-0.2, 0) is 16.4 Å². The summed E-state index contributed by atoms with van der Waals surface area (Å²) in [7, 11) is -1.88. The van der Waals surface area contributed by atoms with Crippen molar-refractivity contribution in [1.82, 2.24) is 0 Å². The van der Waals surface area contributed by atoms with Crippen LogP contribution in [0.1, 0.15) is 33.2 Å². The molecular formula is C25H25N3O5S. The van der Waals surface area contributed by atoms with Crippen LogP contribution < -0.4 is 19.7 Å². The lowest BCUT2D eigenvalue weighted by atomic mass is 10.1. The van der Waals surface area contributed by atoms with Gasteiger partial charge in [0.05, 0.1) is 12.9 Å². The van der Waals surface area contributed by atoms with E-state index in [4.69, 9.17) is 4.74 Å². The Morgan fingerprint density at radius 2 is 1.74 bits per heavy atom. The van der Waals surface area contributed by atoms with Crippen molar-refractivity contribution in [3.05, 3.63) is 83.4 Å². The van der Waals surface area contributed by atoms with E-state index in [2.05, 4.69) is 10.0 Å². The summed E-state index contributed by atoms with van der Waals surface area (Å²) in [5.41, 5.74) is 3.49. The Balaban J connectivity index is 1.52. The Morgan fingerprint density at radius 1 is 0.971 bits per heavy atom. The molecular weight excluding hydrogens is 454 g/mol. The number of ether oxygens (including phenoxy) is 1. The molecule has 0 atom stereocenters. The van der Waals surface area contributed by atoms with E-state index < -0.39 is 10.0 Å². The molecule has 8 nitrogen and oxygen atoms in total. The number of hydrogen-bond donors (Lipinski definition) is 2. The average molecular weight is 480 g/mol. The van der Waals surface area contributed by atoms with Crippen LogP contribution in [0, 0.1) is 0 Å². The topological polar surface area (TPSA) is 105 Å². The standard InChI is InChI=1S/C25H25N3O5S/c1-3-34(31,32)27-21-6-4-5-19(15-21)24(29)26-20-10-7-17-13-14-28(23(17)16-20)25(30)18-8-11-22(33-2)12-9-18/h4-12,15-16,27H,3,13-14H2,1-2H3,(H,26,29). The summed E-state index contributed by atoms with van der Waals surface area (Å²) in [5.74, 6) is 0.101. The van der Waals surface area contributed by atoms with Gasteiger partial charge in [-0.1, -0.05) is 12.1 Å². The Bertz CT molecular complexity index is 1340. The van der Waals surface area contributed by atoms with Gasteiger partial charge in [-0.05, 0) is 73.5 Å². The molecule has 2 N–H and O–H groups in total. The molecule has 3 aromatic carbocycles. The number of anilines is 3. The zero-order chi connectivity index (χ0) is 24.3. The minimum absolute atomic E-state index is 0.0652. The van der Waals surface area contributed by atoms with Crippen LogP contribution in [0.25, 0.3) is 0 Å². The first-order chi connectivity index (χ1) is 16.3. The average Bonchev–Trinajstić information content (AvgIpc) is 3.27. The van der Waals surface area contributed by atoms with Crippen LogP contribution in [0.5, 0.6) is 5.75 Å².